The van der Waals surface area contributed by atoms with E-state index in [1.54, 1.807) is 24.3 Å². The normalized spacial score (nSPS) is 11.1. The van der Waals surface area contributed by atoms with Gasteiger partial charge in [-0.1, -0.05) is 25.8 Å². The molecule has 19 heavy (non-hydrogen) atoms. The molecule has 0 aliphatic heterocycles. The van der Waals surface area contributed by atoms with E-state index in [0.717, 1.165) is 25.5 Å². The average Bonchev–Trinajstić information content (AvgIpc) is 2.27. The molecule has 1 aromatic rings. The van der Waals surface area contributed by atoms with Gasteiger partial charge in [-0.2, -0.15) is 0 Å². The van der Waals surface area contributed by atoms with Crippen molar-refractivity contribution in [3.05, 3.63) is 24.3 Å². The number of amides is 1. The number of hydrogen-bond acceptors (Lipinski definition) is 3. The van der Waals surface area contributed by atoms with E-state index in [1.165, 1.54) is 0 Å². The molecule has 2 N–H and O–H groups in total. The molecule has 0 fully saturated rings. The van der Waals surface area contributed by atoms with Gasteiger partial charge >= 0.3 is 0 Å². The molecule has 0 saturated carbocycles. The van der Waals surface area contributed by atoms with Gasteiger partial charge in [0.05, 0.1) is 11.9 Å². The van der Waals surface area contributed by atoms with Gasteiger partial charge in [0.1, 0.15) is 0 Å². The first kappa shape index (κ1) is 15.5. The number of sulfonamides is 1. The highest BCUT2D eigenvalue weighted by molar-refractivity contribution is 7.92. The Hall–Kier alpha value is -1.56. The molecule has 6 heteroatoms. The van der Waals surface area contributed by atoms with E-state index >= 15 is 0 Å². The summed E-state index contributed by atoms with van der Waals surface area (Å²) >= 11 is 0. The third-order valence-electron chi connectivity index (χ3n) is 2.46. The summed E-state index contributed by atoms with van der Waals surface area (Å²) in [5, 5.41) is 2.75. The summed E-state index contributed by atoms with van der Waals surface area (Å²) in [6, 6.07) is 6.65. The van der Waals surface area contributed by atoms with Crippen LogP contribution in [0.4, 0.5) is 11.4 Å². The lowest BCUT2D eigenvalue weighted by Crippen LogP contribution is -2.12. The maximum atomic E-state index is 11.6. The van der Waals surface area contributed by atoms with Crippen LogP contribution in [0.15, 0.2) is 24.3 Å². The van der Waals surface area contributed by atoms with Crippen LogP contribution in [0.3, 0.4) is 0 Å². The summed E-state index contributed by atoms with van der Waals surface area (Å²) in [5.41, 5.74) is 1.03. The Morgan fingerprint density at radius 2 is 1.89 bits per heavy atom. The average molecular weight is 284 g/mol. The molecule has 5 nitrogen and oxygen atoms in total. The Labute approximate surface area is 114 Å². The lowest BCUT2D eigenvalue weighted by Gasteiger charge is -2.08. The maximum Gasteiger partial charge on any atom is 0.229 e. The van der Waals surface area contributed by atoms with Gasteiger partial charge in [-0.15, -0.1) is 0 Å². The van der Waals surface area contributed by atoms with Crippen LogP contribution in [0.2, 0.25) is 0 Å². The molecule has 106 valence electrons. The number of carbonyl (C=O) groups is 1. The van der Waals surface area contributed by atoms with Gasteiger partial charge in [0.25, 0.3) is 0 Å². The van der Waals surface area contributed by atoms with Crippen molar-refractivity contribution < 1.29 is 13.2 Å². The second-order valence-corrected chi connectivity index (χ2v) is 6.21. The van der Waals surface area contributed by atoms with Crippen molar-refractivity contribution in [3.8, 4) is 0 Å². The number of nitrogens with one attached hydrogen (secondary N) is 2. The summed E-state index contributed by atoms with van der Waals surface area (Å²) < 4.78 is 24.6. The van der Waals surface area contributed by atoms with Crippen LogP contribution in [0.25, 0.3) is 0 Å². The first-order valence-electron chi connectivity index (χ1n) is 6.28. The second kappa shape index (κ2) is 7.13. The Morgan fingerprint density at radius 1 is 1.21 bits per heavy atom. The number of unbranched alkanes of at least 4 members (excludes halogenated alkanes) is 2. The minimum Gasteiger partial charge on any atom is -0.326 e. The van der Waals surface area contributed by atoms with Gasteiger partial charge in [-0.3, -0.25) is 9.52 Å². The fourth-order valence-corrected chi connectivity index (χ4v) is 2.19. The van der Waals surface area contributed by atoms with Crippen molar-refractivity contribution in [2.24, 2.45) is 0 Å². The topological polar surface area (TPSA) is 75.3 Å². The third-order valence-corrected chi connectivity index (χ3v) is 3.06. The molecule has 0 bridgehead atoms. The predicted molar refractivity (Wildman–Crippen MR) is 77.7 cm³/mol. The van der Waals surface area contributed by atoms with Gasteiger partial charge in [0.2, 0.25) is 15.9 Å². The Kier molecular flexibility index (Phi) is 5.82. The highest BCUT2D eigenvalue weighted by Gasteiger charge is 2.05. The van der Waals surface area contributed by atoms with Gasteiger partial charge in [0, 0.05) is 12.1 Å². The Morgan fingerprint density at radius 3 is 2.53 bits per heavy atom. The lowest BCUT2D eigenvalue weighted by atomic mass is 10.2. The fraction of sp³-hybridized carbons (Fsp3) is 0.462. The van der Waals surface area contributed by atoms with E-state index in [9.17, 15) is 13.2 Å². The smallest absolute Gasteiger partial charge is 0.229 e. The summed E-state index contributed by atoms with van der Waals surface area (Å²) in [7, 11) is -3.30. The van der Waals surface area contributed by atoms with Crippen molar-refractivity contribution in [3.63, 3.8) is 0 Å². The molecule has 1 amide bonds. The van der Waals surface area contributed by atoms with E-state index < -0.39 is 10.0 Å². The van der Waals surface area contributed by atoms with E-state index in [0.29, 0.717) is 17.8 Å². The van der Waals surface area contributed by atoms with E-state index in [-0.39, 0.29) is 5.91 Å². The van der Waals surface area contributed by atoms with Crippen molar-refractivity contribution >= 4 is 27.3 Å². The molecule has 0 saturated heterocycles. The van der Waals surface area contributed by atoms with Crippen LogP contribution in [0.5, 0.6) is 0 Å². The molecule has 0 aromatic heterocycles. The quantitative estimate of drug-likeness (QED) is 0.756. The van der Waals surface area contributed by atoms with E-state index in [1.807, 2.05) is 0 Å². The molecule has 1 aromatic carbocycles. The molecule has 0 unspecified atom stereocenters. The van der Waals surface area contributed by atoms with Crippen LogP contribution >= 0.6 is 0 Å². The zero-order valence-electron chi connectivity index (χ0n) is 11.3. The van der Waals surface area contributed by atoms with E-state index in [4.69, 9.17) is 0 Å². The molecule has 0 atom stereocenters. The summed E-state index contributed by atoms with van der Waals surface area (Å²) in [4.78, 5) is 11.6. The Bertz CT molecular complexity index is 526. The fourth-order valence-electron chi connectivity index (χ4n) is 1.63. The van der Waals surface area contributed by atoms with Crippen molar-refractivity contribution in [1.29, 1.82) is 0 Å². The van der Waals surface area contributed by atoms with Crippen LogP contribution in [0.1, 0.15) is 32.6 Å². The molecule has 0 aliphatic rings. The number of anilines is 2. The van der Waals surface area contributed by atoms with Crippen molar-refractivity contribution in [2.45, 2.75) is 32.6 Å². The highest BCUT2D eigenvalue weighted by atomic mass is 32.2. The van der Waals surface area contributed by atoms with E-state index in [2.05, 4.69) is 17.0 Å². The second-order valence-electron chi connectivity index (χ2n) is 4.46. The minimum atomic E-state index is -3.30. The Balaban J connectivity index is 2.59. The molecule has 0 aliphatic carbocycles. The summed E-state index contributed by atoms with van der Waals surface area (Å²) in [5.74, 6) is -0.0510. The van der Waals surface area contributed by atoms with Crippen LogP contribution in [0, 0.1) is 0 Å². The van der Waals surface area contributed by atoms with Crippen LogP contribution in [-0.2, 0) is 14.8 Å². The van der Waals surface area contributed by atoms with Crippen LogP contribution in [-0.4, -0.2) is 20.6 Å². The third kappa shape index (κ3) is 6.81. The standard InChI is InChI=1S/C13H20N2O3S/c1-3-4-5-9-13(16)14-11-7-6-8-12(10-11)15-19(2,17)18/h6-8,10,15H,3-5,9H2,1-2H3,(H,14,16). The van der Waals surface area contributed by atoms with Gasteiger partial charge < -0.3 is 5.32 Å². The van der Waals surface area contributed by atoms with Crippen molar-refractivity contribution in [1.82, 2.24) is 0 Å². The van der Waals surface area contributed by atoms with Gasteiger partial charge in [-0.25, -0.2) is 8.42 Å². The number of rotatable bonds is 7. The monoisotopic (exact) mass is 284 g/mol. The maximum absolute atomic E-state index is 11.6. The molecule has 0 radical (unpaired) electrons. The summed E-state index contributed by atoms with van der Waals surface area (Å²) in [6.45, 7) is 2.08. The van der Waals surface area contributed by atoms with Gasteiger partial charge in [0.15, 0.2) is 0 Å². The largest absolute Gasteiger partial charge is 0.326 e. The number of benzene rings is 1. The molecule has 1 rings (SSSR count). The highest BCUT2D eigenvalue weighted by Crippen LogP contribution is 2.16. The first-order chi connectivity index (χ1) is 8.90. The molecular formula is C13H20N2O3S. The number of carbonyl (C=O) groups excluding carboxylic acids is 1. The lowest BCUT2D eigenvalue weighted by molar-refractivity contribution is -0.116. The zero-order chi connectivity index (χ0) is 14.3. The predicted octanol–water partition coefficient (Wildman–Crippen LogP) is 2.58. The molecule has 0 heterocycles. The van der Waals surface area contributed by atoms with Crippen molar-refractivity contribution in [2.75, 3.05) is 16.3 Å². The molecule has 0 spiro atoms. The summed E-state index contributed by atoms with van der Waals surface area (Å²) in [6.07, 6.45) is 4.54. The van der Waals surface area contributed by atoms with Crippen LogP contribution < -0.4 is 10.0 Å². The first-order valence-corrected chi connectivity index (χ1v) is 8.17. The minimum absolute atomic E-state index is 0.0510. The van der Waals surface area contributed by atoms with Gasteiger partial charge in [-0.05, 0) is 24.6 Å². The molecular weight excluding hydrogens is 264 g/mol. The SMILES string of the molecule is CCCCCC(=O)Nc1cccc(NS(C)(=O)=O)c1. The number of hydrogen-bond donors (Lipinski definition) is 2. The zero-order valence-corrected chi connectivity index (χ0v) is 12.1.